The summed E-state index contributed by atoms with van der Waals surface area (Å²) in [4.78, 5) is 20.5. The molecule has 3 heterocycles. The van der Waals surface area contributed by atoms with Gasteiger partial charge in [-0.1, -0.05) is 0 Å². The van der Waals surface area contributed by atoms with E-state index in [4.69, 9.17) is 4.74 Å². The molecule has 1 atom stereocenters. The molecule has 1 aliphatic heterocycles. The first-order valence-electron chi connectivity index (χ1n) is 9.77. The van der Waals surface area contributed by atoms with Crippen molar-refractivity contribution in [2.24, 2.45) is 0 Å². The second-order valence-corrected chi connectivity index (χ2v) is 7.54. The molecule has 0 amide bonds. The normalized spacial score (nSPS) is 15.8. The lowest BCUT2D eigenvalue weighted by Crippen LogP contribution is -2.33. The minimum absolute atomic E-state index is 0.175. The Bertz CT molecular complexity index is 1380. The number of pyridine rings is 1. The van der Waals surface area contributed by atoms with Crippen LogP contribution in [0.25, 0.3) is 22.4 Å². The van der Waals surface area contributed by atoms with Gasteiger partial charge in [-0.05, 0) is 42.8 Å². The van der Waals surface area contributed by atoms with E-state index in [1.807, 2.05) is 0 Å². The Hall–Kier alpha value is -3.59. The van der Waals surface area contributed by atoms with E-state index in [1.54, 1.807) is 17.7 Å². The number of aromatic nitrogens is 4. The molecule has 7 nitrogen and oxygen atoms in total. The van der Waals surface area contributed by atoms with Gasteiger partial charge in [-0.2, -0.15) is 0 Å². The summed E-state index contributed by atoms with van der Waals surface area (Å²) in [7, 11) is 1.50. The van der Waals surface area contributed by atoms with Gasteiger partial charge in [-0.15, -0.1) is 5.10 Å². The highest BCUT2D eigenvalue weighted by Crippen LogP contribution is 2.27. The highest BCUT2D eigenvalue weighted by atomic mass is 19.1. The first-order chi connectivity index (χ1) is 14.9. The van der Waals surface area contributed by atoms with Crippen LogP contribution in [0.2, 0.25) is 0 Å². The van der Waals surface area contributed by atoms with Crippen LogP contribution in [0.5, 0.6) is 5.75 Å². The summed E-state index contributed by atoms with van der Waals surface area (Å²) in [6, 6.07) is 8.45. The number of fused-ring (bicyclic) bond motifs is 2. The molecule has 0 saturated carbocycles. The summed E-state index contributed by atoms with van der Waals surface area (Å²) in [6.07, 6.45) is 0. The van der Waals surface area contributed by atoms with Gasteiger partial charge in [0, 0.05) is 17.0 Å². The standard InChI is InChI=1S/C22H19F2N5O2/c1-11-20(26-17-4-3-13(23)8-16(17)21(11)30)22-27-19-9-25-18(10-29(19)28-22)12-5-14(24)7-15(6-12)31-2/h3-8,18,25H,9-10H2,1-2H3,(H,26,30). The van der Waals surface area contributed by atoms with Crippen molar-refractivity contribution in [3.63, 3.8) is 0 Å². The first-order valence-corrected chi connectivity index (χ1v) is 9.77. The van der Waals surface area contributed by atoms with Crippen molar-refractivity contribution in [2.45, 2.75) is 26.1 Å². The number of rotatable bonds is 3. The lowest BCUT2D eigenvalue weighted by Gasteiger charge is -2.24. The molecule has 2 N–H and O–H groups in total. The van der Waals surface area contributed by atoms with Gasteiger partial charge in [-0.3, -0.25) is 4.79 Å². The van der Waals surface area contributed by atoms with Gasteiger partial charge >= 0.3 is 0 Å². The Balaban J connectivity index is 1.52. The van der Waals surface area contributed by atoms with E-state index < -0.39 is 5.82 Å². The number of halogens is 2. The molecule has 0 fully saturated rings. The Morgan fingerprint density at radius 1 is 1.16 bits per heavy atom. The average molecular weight is 423 g/mol. The van der Waals surface area contributed by atoms with Crippen LogP contribution >= 0.6 is 0 Å². The van der Waals surface area contributed by atoms with E-state index in [2.05, 4.69) is 20.4 Å². The van der Waals surface area contributed by atoms with Crippen molar-refractivity contribution in [3.05, 3.63) is 75.2 Å². The van der Waals surface area contributed by atoms with Crippen LogP contribution in [0, 0.1) is 18.6 Å². The molecule has 0 spiro atoms. The van der Waals surface area contributed by atoms with Gasteiger partial charge in [-0.25, -0.2) is 18.4 Å². The van der Waals surface area contributed by atoms with Crippen molar-refractivity contribution in [3.8, 4) is 17.3 Å². The topological polar surface area (TPSA) is 84.8 Å². The number of nitrogens with zero attached hydrogens (tertiary/aromatic N) is 3. The Morgan fingerprint density at radius 3 is 2.81 bits per heavy atom. The third-order valence-corrected chi connectivity index (χ3v) is 5.57. The molecule has 9 heteroatoms. The molecule has 2 aromatic heterocycles. The molecule has 158 valence electrons. The zero-order valence-corrected chi connectivity index (χ0v) is 16.9. The fraction of sp³-hybridized carbons (Fsp3) is 0.227. The minimum atomic E-state index is -0.466. The van der Waals surface area contributed by atoms with Crippen molar-refractivity contribution in [1.82, 2.24) is 25.1 Å². The molecule has 0 radical (unpaired) electrons. The first kappa shape index (κ1) is 19.4. The van der Waals surface area contributed by atoms with Gasteiger partial charge in [0.15, 0.2) is 11.3 Å². The maximum absolute atomic E-state index is 13.9. The number of hydrogen-bond acceptors (Lipinski definition) is 5. The Morgan fingerprint density at radius 2 is 2.00 bits per heavy atom. The van der Waals surface area contributed by atoms with Crippen LogP contribution in [0.3, 0.4) is 0 Å². The highest BCUT2D eigenvalue weighted by Gasteiger charge is 2.25. The summed E-state index contributed by atoms with van der Waals surface area (Å²) in [5.41, 5.74) is 1.91. The summed E-state index contributed by atoms with van der Waals surface area (Å²) in [5.74, 6) is 0.695. The number of nitrogens with one attached hydrogen (secondary N) is 2. The van der Waals surface area contributed by atoms with Crippen LogP contribution in [0.4, 0.5) is 8.78 Å². The number of benzene rings is 2. The van der Waals surface area contributed by atoms with Gasteiger partial charge in [0.05, 0.1) is 37.5 Å². The molecule has 4 aromatic rings. The zero-order chi connectivity index (χ0) is 21.7. The van der Waals surface area contributed by atoms with E-state index >= 15 is 0 Å². The summed E-state index contributed by atoms with van der Waals surface area (Å²) in [5, 5.41) is 8.21. The van der Waals surface area contributed by atoms with E-state index in [1.165, 1.54) is 37.4 Å². The summed E-state index contributed by atoms with van der Waals surface area (Å²) >= 11 is 0. The quantitative estimate of drug-likeness (QED) is 0.529. The average Bonchev–Trinajstić information content (AvgIpc) is 3.19. The van der Waals surface area contributed by atoms with E-state index in [9.17, 15) is 13.6 Å². The fourth-order valence-corrected chi connectivity index (χ4v) is 3.92. The van der Waals surface area contributed by atoms with Crippen LogP contribution in [-0.2, 0) is 13.1 Å². The molecule has 1 unspecified atom stereocenters. The number of aromatic amines is 1. The van der Waals surface area contributed by atoms with Gasteiger partial charge in [0.2, 0.25) is 0 Å². The number of methoxy groups -OCH3 is 1. The molecule has 2 aromatic carbocycles. The molecule has 0 bridgehead atoms. The van der Waals surface area contributed by atoms with Crippen molar-refractivity contribution in [1.29, 1.82) is 0 Å². The minimum Gasteiger partial charge on any atom is -0.497 e. The third-order valence-electron chi connectivity index (χ3n) is 5.57. The summed E-state index contributed by atoms with van der Waals surface area (Å²) < 4.78 is 34.4. The molecule has 0 saturated heterocycles. The lowest BCUT2D eigenvalue weighted by atomic mass is 10.1. The largest absolute Gasteiger partial charge is 0.497 e. The van der Waals surface area contributed by atoms with E-state index in [0.29, 0.717) is 47.3 Å². The zero-order valence-electron chi connectivity index (χ0n) is 16.9. The Kier molecular flexibility index (Phi) is 4.55. The van der Waals surface area contributed by atoms with Gasteiger partial charge < -0.3 is 15.0 Å². The monoisotopic (exact) mass is 423 g/mol. The van der Waals surface area contributed by atoms with Crippen molar-refractivity contribution < 1.29 is 13.5 Å². The van der Waals surface area contributed by atoms with Crippen LogP contribution in [-0.4, -0.2) is 26.9 Å². The predicted molar refractivity (Wildman–Crippen MR) is 111 cm³/mol. The molecule has 5 rings (SSSR count). The maximum Gasteiger partial charge on any atom is 0.198 e. The number of hydrogen-bond donors (Lipinski definition) is 2. The second kappa shape index (κ2) is 7.28. The SMILES string of the molecule is COc1cc(F)cc(C2Cn3nc(-c4[nH]c5ccc(F)cc5c(=O)c4C)nc3CN2)c1. The maximum atomic E-state index is 13.9. The number of H-pyrrole nitrogens is 1. The molecular weight excluding hydrogens is 404 g/mol. The Labute approximate surface area is 175 Å². The molecule has 1 aliphatic rings. The van der Waals surface area contributed by atoms with Crippen LogP contribution in [0.15, 0.2) is 41.2 Å². The predicted octanol–water partition coefficient (Wildman–Crippen LogP) is 3.23. The highest BCUT2D eigenvalue weighted by molar-refractivity contribution is 5.82. The van der Waals surface area contributed by atoms with Crippen molar-refractivity contribution >= 4 is 10.9 Å². The second-order valence-electron chi connectivity index (χ2n) is 7.54. The lowest BCUT2D eigenvalue weighted by molar-refractivity contribution is 0.367. The smallest absolute Gasteiger partial charge is 0.198 e. The van der Waals surface area contributed by atoms with E-state index in [0.717, 1.165) is 5.56 Å². The molecule has 0 aliphatic carbocycles. The fourth-order valence-electron chi connectivity index (χ4n) is 3.92. The molecule has 31 heavy (non-hydrogen) atoms. The van der Waals surface area contributed by atoms with E-state index in [-0.39, 0.29) is 22.7 Å². The summed E-state index contributed by atoms with van der Waals surface area (Å²) in [6.45, 7) is 2.54. The number of ether oxygens (including phenoxy) is 1. The molecular formula is C22H19F2N5O2. The third kappa shape index (κ3) is 3.36. The van der Waals surface area contributed by atoms with Crippen LogP contribution in [0.1, 0.15) is 23.0 Å². The van der Waals surface area contributed by atoms with Crippen molar-refractivity contribution in [2.75, 3.05) is 7.11 Å². The van der Waals surface area contributed by atoms with Gasteiger partial charge in [0.25, 0.3) is 0 Å². The van der Waals surface area contributed by atoms with Crippen LogP contribution < -0.4 is 15.5 Å². The van der Waals surface area contributed by atoms with Gasteiger partial charge in [0.1, 0.15) is 23.2 Å².